The third-order valence-corrected chi connectivity index (χ3v) is 5.12. The van der Waals surface area contributed by atoms with Crippen LogP contribution in [0.2, 0.25) is 0 Å². The Balaban J connectivity index is 1.33. The minimum atomic E-state index is -4.43. The first-order valence-corrected chi connectivity index (χ1v) is 9.78. The van der Waals surface area contributed by atoms with E-state index < -0.39 is 11.7 Å². The molecule has 30 heavy (non-hydrogen) atoms. The van der Waals surface area contributed by atoms with Gasteiger partial charge in [0.05, 0.1) is 11.8 Å². The molecule has 0 saturated carbocycles. The Morgan fingerprint density at radius 1 is 1.13 bits per heavy atom. The van der Waals surface area contributed by atoms with Gasteiger partial charge >= 0.3 is 6.18 Å². The number of alkyl halides is 3. The second kappa shape index (κ2) is 8.22. The summed E-state index contributed by atoms with van der Waals surface area (Å²) in [5.41, 5.74) is -0.515. The van der Waals surface area contributed by atoms with Crippen LogP contribution in [0.1, 0.15) is 17.9 Å². The number of thioether (sulfide) groups is 1. The molecule has 4 aromatic rings. The predicted octanol–water partition coefficient (Wildman–Crippen LogP) is 4.05. The SMILES string of the molecule is Nn1c(SCCCc2nc(-c3cccc(C(F)(F)F)c3)no2)nnc1-c1ccco1. The van der Waals surface area contributed by atoms with Gasteiger partial charge in [-0.2, -0.15) is 18.2 Å². The van der Waals surface area contributed by atoms with Gasteiger partial charge in [0.1, 0.15) is 0 Å². The van der Waals surface area contributed by atoms with Gasteiger partial charge in [-0.05, 0) is 30.7 Å². The van der Waals surface area contributed by atoms with Crippen molar-refractivity contribution >= 4 is 11.8 Å². The maximum absolute atomic E-state index is 12.9. The highest BCUT2D eigenvalue weighted by Crippen LogP contribution is 2.31. The number of benzene rings is 1. The first-order chi connectivity index (χ1) is 14.4. The number of furan rings is 1. The van der Waals surface area contributed by atoms with E-state index in [9.17, 15) is 13.2 Å². The Bertz CT molecular complexity index is 1120. The van der Waals surface area contributed by atoms with Crippen molar-refractivity contribution < 1.29 is 22.1 Å². The van der Waals surface area contributed by atoms with Gasteiger partial charge in [0.2, 0.25) is 22.7 Å². The Morgan fingerprint density at radius 2 is 2.00 bits per heavy atom. The first kappa shape index (κ1) is 20.0. The lowest BCUT2D eigenvalue weighted by atomic mass is 10.1. The second-order valence-electron chi connectivity index (χ2n) is 6.20. The van der Waals surface area contributed by atoms with Crippen LogP contribution in [0.3, 0.4) is 0 Å². The maximum Gasteiger partial charge on any atom is 0.416 e. The van der Waals surface area contributed by atoms with E-state index in [-0.39, 0.29) is 11.4 Å². The van der Waals surface area contributed by atoms with Gasteiger partial charge in [0.25, 0.3) is 0 Å². The van der Waals surface area contributed by atoms with Gasteiger partial charge < -0.3 is 14.8 Å². The van der Waals surface area contributed by atoms with E-state index in [0.717, 1.165) is 12.1 Å². The molecule has 2 N–H and O–H groups in total. The van der Waals surface area contributed by atoms with Crippen LogP contribution in [-0.4, -0.2) is 30.8 Å². The zero-order chi connectivity index (χ0) is 21.1. The van der Waals surface area contributed by atoms with Crippen molar-refractivity contribution in [1.82, 2.24) is 25.0 Å². The van der Waals surface area contributed by atoms with Crippen molar-refractivity contribution in [2.24, 2.45) is 0 Å². The van der Waals surface area contributed by atoms with E-state index in [1.807, 2.05) is 0 Å². The monoisotopic (exact) mass is 436 g/mol. The number of nitrogen functional groups attached to an aromatic ring is 1. The summed E-state index contributed by atoms with van der Waals surface area (Å²) in [7, 11) is 0. The van der Waals surface area contributed by atoms with Crippen molar-refractivity contribution in [2.75, 3.05) is 11.6 Å². The molecular weight excluding hydrogens is 421 g/mol. The molecule has 0 radical (unpaired) electrons. The summed E-state index contributed by atoms with van der Waals surface area (Å²) in [6.45, 7) is 0. The number of aryl methyl sites for hydroxylation is 1. The van der Waals surface area contributed by atoms with Crippen LogP contribution >= 0.6 is 11.8 Å². The molecule has 0 aliphatic rings. The van der Waals surface area contributed by atoms with Crippen molar-refractivity contribution in [1.29, 1.82) is 0 Å². The largest absolute Gasteiger partial charge is 0.461 e. The Kier molecular flexibility index (Phi) is 5.48. The molecule has 8 nitrogen and oxygen atoms in total. The molecule has 0 fully saturated rings. The number of rotatable bonds is 7. The summed E-state index contributed by atoms with van der Waals surface area (Å²) in [5.74, 6) is 8.04. The number of hydrogen-bond donors (Lipinski definition) is 1. The van der Waals surface area contributed by atoms with E-state index in [4.69, 9.17) is 14.8 Å². The molecule has 156 valence electrons. The van der Waals surface area contributed by atoms with Gasteiger partial charge in [-0.25, -0.2) is 4.68 Å². The molecule has 0 atom stereocenters. The van der Waals surface area contributed by atoms with Gasteiger partial charge in [0.15, 0.2) is 5.76 Å². The molecule has 0 aliphatic heterocycles. The van der Waals surface area contributed by atoms with Crippen LogP contribution in [0.15, 0.2) is 56.8 Å². The fraction of sp³-hybridized carbons (Fsp3) is 0.222. The molecule has 0 aliphatic carbocycles. The third-order valence-electron chi connectivity index (χ3n) is 4.09. The molecule has 3 heterocycles. The average Bonchev–Trinajstić information content (AvgIpc) is 3.46. The van der Waals surface area contributed by atoms with E-state index >= 15 is 0 Å². The minimum absolute atomic E-state index is 0.119. The van der Waals surface area contributed by atoms with Crippen LogP contribution in [0.4, 0.5) is 13.2 Å². The standard InChI is InChI=1S/C18H15F3N6O2S/c19-18(20,21)12-5-1-4-11(10-12)15-23-14(29-26-15)7-3-9-30-17-25-24-16(27(17)22)13-6-2-8-28-13/h1-2,4-6,8,10H,3,7,9,22H2. The van der Waals surface area contributed by atoms with Crippen molar-refractivity contribution in [2.45, 2.75) is 24.2 Å². The van der Waals surface area contributed by atoms with E-state index in [1.165, 1.54) is 34.8 Å². The molecule has 3 aromatic heterocycles. The lowest BCUT2D eigenvalue weighted by Crippen LogP contribution is -2.11. The molecule has 0 amide bonds. The molecule has 4 rings (SSSR count). The number of nitrogens with zero attached hydrogens (tertiary/aromatic N) is 5. The molecule has 0 unspecified atom stereocenters. The molecule has 0 saturated heterocycles. The Labute approximate surface area is 172 Å². The lowest BCUT2D eigenvalue weighted by molar-refractivity contribution is -0.137. The second-order valence-corrected chi connectivity index (χ2v) is 7.26. The molecule has 0 bridgehead atoms. The normalized spacial score (nSPS) is 11.8. The van der Waals surface area contributed by atoms with Crippen LogP contribution in [0.5, 0.6) is 0 Å². The van der Waals surface area contributed by atoms with Gasteiger partial charge in [-0.1, -0.05) is 29.1 Å². The van der Waals surface area contributed by atoms with Crippen molar-refractivity contribution in [3.05, 3.63) is 54.1 Å². The van der Waals surface area contributed by atoms with Gasteiger partial charge in [-0.3, -0.25) is 0 Å². The number of halogens is 3. The molecule has 1 aromatic carbocycles. The first-order valence-electron chi connectivity index (χ1n) is 8.79. The number of aromatic nitrogens is 5. The summed E-state index contributed by atoms with van der Waals surface area (Å²) in [5, 5.41) is 12.3. The van der Waals surface area contributed by atoms with Crippen LogP contribution in [0.25, 0.3) is 23.0 Å². The molecular formula is C18H15F3N6O2S. The van der Waals surface area contributed by atoms with Crippen molar-refractivity contribution in [3.8, 4) is 23.0 Å². The fourth-order valence-electron chi connectivity index (χ4n) is 2.64. The topological polar surface area (TPSA) is 109 Å². The Hall–Kier alpha value is -3.28. The van der Waals surface area contributed by atoms with Crippen molar-refractivity contribution in [3.63, 3.8) is 0 Å². The summed E-state index contributed by atoms with van der Waals surface area (Å²) in [6.07, 6.45) is -1.78. The summed E-state index contributed by atoms with van der Waals surface area (Å²) in [4.78, 5) is 4.18. The van der Waals surface area contributed by atoms with Crippen LogP contribution < -0.4 is 5.84 Å². The number of nitrogens with two attached hydrogens (primary N) is 1. The summed E-state index contributed by atoms with van der Waals surface area (Å²) < 4.78 is 50.3. The fourth-order valence-corrected chi connectivity index (χ4v) is 3.44. The zero-order valence-corrected chi connectivity index (χ0v) is 16.2. The lowest BCUT2D eigenvalue weighted by Gasteiger charge is -2.06. The predicted molar refractivity (Wildman–Crippen MR) is 102 cm³/mol. The van der Waals surface area contributed by atoms with E-state index in [1.54, 1.807) is 12.1 Å². The summed E-state index contributed by atoms with van der Waals surface area (Å²) >= 11 is 1.40. The Morgan fingerprint density at radius 3 is 2.77 bits per heavy atom. The average molecular weight is 436 g/mol. The molecule has 12 heteroatoms. The highest BCUT2D eigenvalue weighted by Gasteiger charge is 2.30. The highest BCUT2D eigenvalue weighted by molar-refractivity contribution is 7.99. The van der Waals surface area contributed by atoms with E-state index in [2.05, 4.69) is 20.3 Å². The quantitative estimate of drug-likeness (QED) is 0.263. The maximum atomic E-state index is 12.9. The van der Waals surface area contributed by atoms with Gasteiger partial charge in [-0.15, -0.1) is 10.2 Å². The smallest absolute Gasteiger partial charge is 0.416 e. The highest BCUT2D eigenvalue weighted by atomic mass is 32.2. The summed E-state index contributed by atoms with van der Waals surface area (Å²) in [6, 6.07) is 8.27. The van der Waals surface area contributed by atoms with Crippen LogP contribution in [0, 0.1) is 0 Å². The van der Waals surface area contributed by atoms with Gasteiger partial charge in [0, 0.05) is 17.7 Å². The molecule has 0 spiro atoms. The zero-order valence-electron chi connectivity index (χ0n) is 15.3. The van der Waals surface area contributed by atoms with Crippen LogP contribution in [-0.2, 0) is 12.6 Å². The minimum Gasteiger partial charge on any atom is -0.461 e. The third kappa shape index (κ3) is 4.32. The van der Waals surface area contributed by atoms with E-state index in [0.29, 0.717) is 41.2 Å². The number of hydrogen-bond acceptors (Lipinski definition) is 8.